The molecule has 1 aromatic carbocycles. The summed E-state index contributed by atoms with van der Waals surface area (Å²) in [6.07, 6.45) is 3.05. The third kappa shape index (κ3) is 3.06. The maximum atomic E-state index is 12.1. The number of hydrogen-bond donors (Lipinski definition) is 1. The van der Waals surface area contributed by atoms with Crippen LogP contribution in [0.5, 0.6) is 5.75 Å². The van der Waals surface area contributed by atoms with Crippen molar-refractivity contribution < 1.29 is 14.3 Å². The van der Waals surface area contributed by atoms with E-state index in [9.17, 15) is 9.59 Å². The van der Waals surface area contributed by atoms with Crippen LogP contribution in [0.2, 0.25) is 0 Å². The summed E-state index contributed by atoms with van der Waals surface area (Å²) >= 11 is 3.34. The van der Waals surface area contributed by atoms with E-state index in [4.69, 9.17) is 4.74 Å². The molecule has 112 valence electrons. The van der Waals surface area contributed by atoms with Gasteiger partial charge in [0.05, 0.1) is 5.69 Å². The van der Waals surface area contributed by atoms with E-state index in [1.165, 1.54) is 17.3 Å². The number of nitrogens with one attached hydrogen (secondary N) is 1. The first-order valence-electron chi connectivity index (χ1n) is 6.43. The molecule has 0 atom stereocenters. The first-order chi connectivity index (χ1) is 10.6. The van der Waals surface area contributed by atoms with Gasteiger partial charge in [0.1, 0.15) is 12.3 Å². The lowest BCUT2D eigenvalue weighted by molar-refractivity contribution is -0.123. The molecule has 0 bridgehead atoms. The molecule has 2 aromatic rings. The molecule has 7 nitrogen and oxygen atoms in total. The van der Waals surface area contributed by atoms with Crippen molar-refractivity contribution in [2.75, 3.05) is 23.4 Å². The third-order valence-electron chi connectivity index (χ3n) is 2.98. The summed E-state index contributed by atoms with van der Waals surface area (Å²) in [5.41, 5.74) is 0.559. The Kier molecular flexibility index (Phi) is 4.01. The number of rotatable bonds is 3. The molecule has 2 amide bonds. The van der Waals surface area contributed by atoms with Gasteiger partial charge in [-0.1, -0.05) is 15.9 Å². The van der Waals surface area contributed by atoms with Crippen LogP contribution in [0.3, 0.4) is 0 Å². The van der Waals surface area contributed by atoms with Gasteiger partial charge in [-0.3, -0.25) is 19.8 Å². The van der Waals surface area contributed by atoms with Crippen molar-refractivity contribution in [1.29, 1.82) is 0 Å². The lowest BCUT2D eigenvalue weighted by Gasteiger charge is -2.28. The Morgan fingerprint density at radius 2 is 2.14 bits per heavy atom. The van der Waals surface area contributed by atoms with Crippen molar-refractivity contribution in [3.8, 4) is 5.75 Å². The van der Waals surface area contributed by atoms with E-state index >= 15 is 0 Å². The molecule has 1 aliphatic rings. The van der Waals surface area contributed by atoms with Gasteiger partial charge in [0.15, 0.2) is 6.61 Å². The summed E-state index contributed by atoms with van der Waals surface area (Å²) in [6, 6.07) is 6.91. The normalized spacial score (nSPS) is 13.3. The molecular formula is C14H11BrN4O3. The number of ether oxygens (including phenoxy) is 1. The highest BCUT2D eigenvalue weighted by atomic mass is 79.9. The fourth-order valence-corrected chi connectivity index (χ4v) is 2.36. The van der Waals surface area contributed by atoms with Gasteiger partial charge in [-0.2, -0.15) is 0 Å². The maximum Gasteiger partial charge on any atom is 0.265 e. The van der Waals surface area contributed by atoms with Crippen LogP contribution in [0.4, 0.5) is 11.6 Å². The average molecular weight is 363 g/mol. The molecule has 1 aliphatic heterocycles. The Balaban J connectivity index is 1.77. The van der Waals surface area contributed by atoms with Crippen molar-refractivity contribution in [3.63, 3.8) is 0 Å². The fraction of sp³-hybridized carbons (Fsp3) is 0.143. The predicted molar refractivity (Wildman–Crippen MR) is 82.7 cm³/mol. The highest BCUT2D eigenvalue weighted by Crippen LogP contribution is 2.34. The standard InChI is InChI=1S/C14H11BrN4O3/c15-9-2-3-10-11(6-9)22-8-13(21)19(10)7-12(20)18-14-16-4-1-5-17-14/h1-6H,7-8H2,(H,16,17,18,20). The quantitative estimate of drug-likeness (QED) is 0.896. The molecule has 0 fully saturated rings. The molecule has 2 heterocycles. The topological polar surface area (TPSA) is 84.4 Å². The highest BCUT2D eigenvalue weighted by molar-refractivity contribution is 9.10. The molecule has 0 saturated carbocycles. The molecule has 0 radical (unpaired) electrons. The Morgan fingerprint density at radius 1 is 1.36 bits per heavy atom. The van der Waals surface area contributed by atoms with Crippen LogP contribution < -0.4 is 15.0 Å². The summed E-state index contributed by atoms with van der Waals surface area (Å²) in [5, 5.41) is 2.55. The number of hydrogen-bond acceptors (Lipinski definition) is 5. The summed E-state index contributed by atoms with van der Waals surface area (Å²) in [6.45, 7) is -0.229. The molecule has 0 unspecified atom stereocenters. The van der Waals surface area contributed by atoms with E-state index < -0.39 is 0 Å². The molecule has 1 aromatic heterocycles. The summed E-state index contributed by atoms with van der Waals surface area (Å²) in [7, 11) is 0. The van der Waals surface area contributed by atoms with Gasteiger partial charge < -0.3 is 4.74 Å². The van der Waals surface area contributed by atoms with E-state index in [1.54, 1.807) is 24.3 Å². The van der Waals surface area contributed by atoms with Crippen LogP contribution in [0, 0.1) is 0 Å². The minimum atomic E-state index is -0.379. The summed E-state index contributed by atoms with van der Waals surface area (Å²) in [4.78, 5) is 33.3. The van der Waals surface area contributed by atoms with Gasteiger partial charge in [0.2, 0.25) is 11.9 Å². The summed E-state index contributed by atoms with van der Waals surface area (Å²) < 4.78 is 6.20. The molecule has 0 spiro atoms. The lowest BCUT2D eigenvalue weighted by Crippen LogP contribution is -2.43. The Labute approximate surface area is 134 Å². The molecule has 8 heteroatoms. The van der Waals surface area contributed by atoms with E-state index in [0.717, 1.165) is 4.47 Å². The maximum absolute atomic E-state index is 12.1. The number of benzene rings is 1. The minimum absolute atomic E-state index is 0.0986. The second-order valence-corrected chi connectivity index (χ2v) is 5.42. The van der Waals surface area contributed by atoms with Crippen LogP contribution in [0.1, 0.15) is 0 Å². The van der Waals surface area contributed by atoms with Gasteiger partial charge in [0, 0.05) is 16.9 Å². The van der Waals surface area contributed by atoms with Gasteiger partial charge in [-0.15, -0.1) is 0 Å². The van der Waals surface area contributed by atoms with Gasteiger partial charge in [0.25, 0.3) is 5.91 Å². The molecule has 0 saturated heterocycles. The Morgan fingerprint density at radius 3 is 2.91 bits per heavy atom. The molecule has 1 N–H and O–H groups in total. The first-order valence-corrected chi connectivity index (χ1v) is 7.22. The zero-order valence-electron chi connectivity index (χ0n) is 11.3. The van der Waals surface area contributed by atoms with Crippen molar-refractivity contribution in [2.24, 2.45) is 0 Å². The number of carbonyl (C=O) groups is 2. The largest absolute Gasteiger partial charge is 0.482 e. The Bertz CT molecular complexity index is 723. The minimum Gasteiger partial charge on any atom is -0.482 e. The van der Waals surface area contributed by atoms with Crippen molar-refractivity contribution in [1.82, 2.24) is 9.97 Å². The van der Waals surface area contributed by atoms with E-state index in [-0.39, 0.29) is 30.9 Å². The number of halogens is 1. The SMILES string of the molecule is O=C(CN1C(=O)COc2cc(Br)ccc21)Nc1ncccn1. The number of carbonyl (C=O) groups excluding carboxylic acids is 2. The van der Waals surface area contributed by atoms with E-state index in [1.807, 2.05) is 0 Å². The lowest BCUT2D eigenvalue weighted by atomic mass is 10.2. The van der Waals surface area contributed by atoms with Crippen LogP contribution in [-0.2, 0) is 9.59 Å². The average Bonchev–Trinajstić information content (AvgIpc) is 2.51. The number of aromatic nitrogens is 2. The van der Waals surface area contributed by atoms with Crippen LogP contribution in [0.15, 0.2) is 41.1 Å². The molecule has 22 heavy (non-hydrogen) atoms. The smallest absolute Gasteiger partial charge is 0.265 e. The molecule has 3 rings (SSSR count). The zero-order chi connectivity index (χ0) is 15.5. The van der Waals surface area contributed by atoms with Crippen LogP contribution in [0.25, 0.3) is 0 Å². The molecule has 0 aliphatic carbocycles. The number of nitrogens with zero attached hydrogens (tertiary/aromatic N) is 3. The van der Waals surface area contributed by atoms with Gasteiger partial charge in [-0.25, -0.2) is 9.97 Å². The predicted octanol–water partition coefficient (Wildman–Crippen LogP) is 1.60. The van der Waals surface area contributed by atoms with Gasteiger partial charge in [-0.05, 0) is 24.3 Å². The number of amides is 2. The first kappa shape index (κ1) is 14.5. The van der Waals surface area contributed by atoms with Crippen LogP contribution >= 0.6 is 15.9 Å². The highest BCUT2D eigenvalue weighted by Gasteiger charge is 2.27. The van der Waals surface area contributed by atoms with E-state index in [2.05, 4.69) is 31.2 Å². The fourth-order valence-electron chi connectivity index (χ4n) is 2.02. The second-order valence-electron chi connectivity index (χ2n) is 4.50. The van der Waals surface area contributed by atoms with E-state index in [0.29, 0.717) is 11.4 Å². The van der Waals surface area contributed by atoms with Crippen molar-refractivity contribution in [2.45, 2.75) is 0 Å². The zero-order valence-corrected chi connectivity index (χ0v) is 12.9. The molecular weight excluding hydrogens is 352 g/mol. The van der Waals surface area contributed by atoms with Gasteiger partial charge >= 0.3 is 0 Å². The van der Waals surface area contributed by atoms with Crippen LogP contribution in [-0.4, -0.2) is 34.9 Å². The monoisotopic (exact) mass is 362 g/mol. The summed E-state index contributed by atoms with van der Waals surface area (Å²) in [5.74, 6) is 0.0937. The third-order valence-corrected chi connectivity index (χ3v) is 3.48. The second kappa shape index (κ2) is 6.10. The number of fused-ring (bicyclic) bond motifs is 1. The van der Waals surface area contributed by atoms with Crippen molar-refractivity contribution in [3.05, 3.63) is 41.1 Å². The Hall–Kier alpha value is -2.48. The number of anilines is 2. The van der Waals surface area contributed by atoms with Crippen molar-refractivity contribution >= 4 is 39.4 Å².